The van der Waals surface area contributed by atoms with E-state index in [0.29, 0.717) is 0 Å². The highest BCUT2D eigenvalue weighted by atomic mass is 28.3. The summed E-state index contributed by atoms with van der Waals surface area (Å²) in [5.74, 6) is 0.113. The lowest BCUT2D eigenvalue weighted by molar-refractivity contribution is -0.125. The van der Waals surface area contributed by atoms with E-state index < -0.39 is 16.5 Å². The fourth-order valence-electron chi connectivity index (χ4n) is 4.41. The first-order valence-electron chi connectivity index (χ1n) is 9.55. The van der Waals surface area contributed by atoms with Crippen molar-refractivity contribution in [2.24, 2.45) is 0 Å². The van der Waals surface area contributed by atoms with Crippen molar-refractivity contribution >= 4 is 28.4 Å². The van der Waals surface area contributed by atoms with Crippen LogP contribution in [0.5, 0.6) is 0 Å². The third-order valence-electron chi connectivity index (χ3n) is 6.54. The molecule has 0 saturated carbocycles. The SMILES string of the molecule is CCC1C(=O)N([Si](CC)(CC)CC)C(=O)N1[Si](CC)(CC)CC. The van der Waals surface area contributed by atoms with Crippen LogP contribution in [0.4, 0.5) is 4.79 Å². The monoisotopic (exact) mass is 356 g/mol. The molecule has 0 spiro atoms. The summed E-state index contributed by atoms with van der Waals surface area (Å²) in [6.45, 7) is 15.2. The van der Waals surface area contributed by atoms with Gasteiger partial charge >= 0.3 is 6.03 Å². The van der Waals surface area contributed by atoms with E-state index in [0.717, 1.165) is 42.7 Å². The van der Waals surface area contributed by atoms with E-state index in [4.69, 9.17) is 0 Å². The number of urea groups is 1. The normalized spacial score (nSPS) is 19.9. The lowest BCUT2D eigenvalue weighted by Crippen LogP contribution is -2.59. The Kier molecular flexibility index (Phi) is 7.07. The van der Waals surface area contributed by atoms with E-state index in [2.05, 4.69) is 53.0 Å². The van der Waals surface area contributed by atoms with Crippen molar-refractivity contribution in [3.8, 4) is 0 Å². The van der Waals surface area contributed by atoms with Gasteiger partial charge in [-0.05, 0) is 42.7 Å². The minimum Gasteiger partial charge on any atom is -0.341 e. The Hall–Kier alpha value is -0.626. The van der Waals surface area contributed by atoms with E-state index in [9.17, 15) is 9.59 Å². The number of amides is 3. The summed E-state index contributed by atoms with van der Waals surface area (Å²) in [6, 6.07) is 5.91. The molecule has 0 aromatic rings. The fourth-order valence-corrected chi connectivity index (χ4v) is 12.1. The maximum atomic E-state index is 13.4. The zero-order valence-corrected chi connectivity index (χ0v) is 18.2. The molecule has 1 fully saturated rings. The summed E-state index contributed by atoms with van der Waals surface area (Å²) in [7, 11) is -3.90. The maximum absolute atomic E-state index is 13.4. The molecule has 0 bridgehead atoms. The van der Waals surface area contributed by atoms with Gasteiger partial charge in [0.15, 0.2) is 16.5 Å². The molecule has 0 aromatic carbocycles. The van der Waals surface area contributed by atoms with Gasteiger partial charge in [-0.25, -0.2) is 4.79 Å². The summed E-state index contributed by atoms with van der Waals surface area (Å²) in [5.41, 5.74) is 0. The molecule has 4 nitrogen and oxygen atoms in total. The zero-order chi connectivity index (χ0) is 17.8. The Morgan fingerprint density at radius 2 is 1.13 bits per heavy atom. The summed E-state index contributed by atoms with van der Waals surface area (Å²) in [6.07, 6.45) is 0.747. The highest BCUT2D eigenvalue weighted by molar-refractivity contribution is 6.84. The summed E-state index contributed by atoms with van der Waals surface area (Å²) >= 11 is 0. The van der Waals surface area contributed by atoms with Gasteiger partial charge in [-0.3, -0.25) is 9.36 Å². The highest BCUT2D eigenvalue weighted by Gasteiger charge is 2.57. The van der Waals surface area contributed by atoms with Gasteiger partial charge in [0.2, 0.25) is 5.91 Å². The molecule has 0 N–H and O–H groups in total. The Bertz CT molecular complexity index is 418. The second-order valence-electron chi connectivity index (χ2n) is 6.82. The second-order valence-corrected chi connectivity index (χ2v) is 16.9. The topological polar surface area (TPSA) is 40.6 Å². The first-order valence-corrected chi connectivity index (χ1v) is 14.7. The second kappa shape index (κ2) is 7.97. The standard InChI is InChI=1S/C17H36N2O2Si2/c1-8-15-16(20)19(23(12-5,13-6)14-7)17(21)18(15)22(9-2,10-3)11-4/h15H,8-14H2,1-7H3. The smallest absolute Gasteiger partial charge is 0.311 e. The molecule has 1 heterocycles. The number of carbonyl (C=O) groups is 2. The van der Waals surface area contributed by atoms with E-state index in [1.54, 1.807) is 4.57 Å². The van der Waals surface area contributed by atoms with Crippen LogP contribution in [0.2, 0.25) is 36.3 Å². The van der Waals surface area contributed by atoms with Gasteiger partial charge in [0.1, 0.15) is 6.04 Å². The molecular weight excluding hydrogens is 320 g/mol. The number of hydrogen-bond acceptors (Lipinski definition) is 2. The molecule has 134 valence electrons. The van der Waals surface area contributed by atoms with E-state index in [-0.39, 0.29) is 18.0 Å². The molecule has 0 aliphatic carbocycles. The molecular formula is C17H36N2O2Si2. The van der Waals surface area contributed by atoms with Crippen LogP contribution in [0.15, 0.2) is 0 Å². The number of hydrogen-bond donors (Lipinski definition) is 0. The minimum atomic E-state index is -2.01. The van der Waals surface area contributed by atoms with Gasteiger partial charge in [-0.2, -0.15) is 0 Å². The third kappa shape index (κ3) is 3.04. The molecule has 1 aliphatic rings. The quantitative estimate of drug-likeness (QED) is 0.429. The number of rotatable bonds is 9. The van der Waals surface area contributed by atoms with E-state index in [1.807, 2.05) is 0 Å². The van der Waals surface area contributed by atoms with Crippen LogP contribution in [0.25, 0.3) is 0 Å². The molecule has 1 unspecified atom stereocenters. The summed E-state index contributed by atoms with van der Waals surface area (Å²) in [4.78, 5) is 26.6. The van der Waals surface area contributed by atoms with Crippen LogP contribution >= 0.6 is 0 Å². The highest BCUT2D eigenvalue weighted by Crippen LogP contribution is 2.38. The molecule has 23 heavy (non-hydrogen) atoms. The first kappa shape index (κ1) is 20.4. The van der Waals surface area contributed by atoms with Crippen LogP contribution in [0, 0.1) is 0 Å². The van der Waals surface area contributed by atoms with Crippen molar-refractivity contribution in [2.45, 2.75) is 97.2 Å². The summed E-state index contributed by atoms with van der Waals surface area (Å²) in [5, 5.41) is 0. The zero-order valence-electron chi connectivity index (χ0n) is 16.2. The predicted octanol–water partition coefficient (Wildman–Crippen LogP) is 5.04. The van der Waals surface area contributed by atoms with Crippen molar-refractivity contribution in [3.05, 3.63) is 0 Å². The van der Waals surface area contributed by atoms with Crippen molar-refractivity contribution in [1.29, 1.82) is 0 Å². The Morgan fingerprint density at radius 1 is 0.739 bits per heavy atom. The van der Waals surface area contributed by atoms with E-state index in [1.165, 1.54) is 0 Å². The van der Waals surface area contributed by atoms with Gasteiger partial charge in [-0.1, -0.05) is 48.5 Å². The van der Waals surface area contributed by atoms with Crippen molar-refractivity contribution in [1.82, 2.24) is 9.13 Å². The lowest BCUT2D eigenvalue weighted by atomic mass is 10.2. The Balaban J connectivity index is 3.42. The van der Waals surface area contributed by atoms with Crippen molar-refractivity contribution in [3.63, 3.8) is 0 Å². The van der Waals surface area contributed by atoms with Gasteiger partial charge in [-0.15, -0.1) is 0 Å². The first-order chi connectivity index (χ1) is 10.9. The van der Waals surface area contributed by atoms with Crippen LogP contribution in [0.1, 0.15) is 54.9 Å². The molecule has 0 aromatic heterocycles. The fraction of sp³-hybridized carbons (Fsp3) is 0.882. The average Bonchev–Trinajstić information content (AvgIpc) is 2.84. The van der Waals surface area contributed by atoms with Crippen LogP contribution in [-0.4, -0.2) is 43.6 Å². The molecule has 1 rings (SSSR count). The minimum absolute atomic E-state index is 0.0660. The molecule has 1 saturated heterocycles. The largest absolute Gasteiger partial charge is 0.341 e. The number of carbonyl (C=O) groups excluding carboxylic acids is 2. The molecule has 0 radical (unpaired) electrons. The Labute approximate surface area is 144 Å². The van der Waals surface area contributed by atoms with Gasteiger partial charge in [0.05, 0.1) is 0 Å². The van der Waals surface area contributed by atoms with Crippen LogP contribution in [0.3, 0.4) is 0 Å². The van der Waals surface area contributed by atoms with Crippen LogP contribution in [-0.2, 0) is 4.79 Å². The summed E-state index contributed by atoms with van der Waals surface area (Å²) < 4.78 is 3.90. The van der Waals surface area contributed by atoms with Gasteiger partial charge in [0.25, 0.3) is 0 Å². The van der Waals surface area contributed by atoms with Crippen LogP contribution < -0.4 is 0 Å². The van der Waals surface area contributed by atoms with E-state index >= 15 is 0 Å². The Morgan fingerprint density at radius 3 is 1.43 bits per heavy atom. The number of nitrogens with zero attached hydrogens (tertiary/aromatic N) is 2. The molecule has 3 amide bonds. The average molecular weight is 357 g/mol. The number of imide groups is 1. The van der Waals surface area contributed by atoms with Gasteiger partial charge in [0, 0.05) is 0 Å². The van der Waals surface area contributed by atoms with Crippen molar-refractivity contribution < 1.29 is 9.59 Å². The maximum Gasteiger partial charge on any atom is 0.311 e. The van der Waals surface area contributed by atoms with Crippen molar-refractivity contribution in [2.75, 3.05) is 0 Å². The molecule has 1 aliphatic heterocycles. The lowest BCUT2D eigenvalue weighted by Gasteiger charge is -2.41. The molecule has 6 heteroatoms. The predicted molar refractivity (Wildman–Crippen MR) is 103 cm³/mol. The molecule has 1 atom stereocenters. The third-order valence-corrected chi connectivity index (χ3v) is 17.3. The van der Waals surface area contributed by atoms with Gasteiger partial charge < -0.3 is 4.57 Å².